The predicted molar refractivity (Wildman–Crippen MR) is 120 cm³/mol. The summed E-state index contributed by atoms with van der Waals surface area (Å²) < 4.78 is 0. The van der Waals surface area contributed by atoms with E-state index in [2.05, 4.69) is 29.2 Å². The van der Waals surface area contributed by atoms with Gasteiger partial charge in [-0.15, -0.1) is 0 Å². The van der Waals surface area contributed by atoms with Crippen molar-refractivity contribution < 1.29 is 4.79 Å². The number of halogens is 2. The van der Waals surface area contributed by atoms with Crippen molar-refractivity contribution in [3.05, 3.63) is 69.2 Å². The molecule has 1 aliphatic heterocycles. The molecule has 0 spiro atoms. The van der Waals surface area contributed by atoms with E-state index in [1.165, 1.54) is 24.0 Å². The Bertz CT molecular complexity index is 879. The molecule has 1 heterocycles. The van der Waals surface area contributed by atoms with Gasteiger partial charge in [-0.1, -0.05) is 53.5 Å². The number of likely N-dealkylation sites (tertiary alicyclic amines) is 1. The summed E-state index contributed by atoms with van der Waals surface area (Å²) in [5.41, 5.74) is 3.76. The maximum atomic E-state index is 13.2. The highest BCUT2D eigenvalue weighted by Gasteiger charge is 2.37. The first-order valence-corrected chi connectivity index (χ1v) is 11.3. The van der Waals surface area contributed by atoms with Gasteiger partial charge in [0.05, 0.1) is 28.5 Å². The minimum atomic E-state index is 0.136. The highest BCUT2D eigenvalue weighted by atomic mass is 35.5. The Morgan fingerprint density at radius 3 is 2.59 bits per heavy atom. The highest BCUT2D eigenvalue weighted by molar-refractivity contribution is 6.42. The van der Waals surface area contributed by atoms with Crippen LogP contribution in [0, 0.1) is 0 Å². The van der Waals surface area contributed by atoms with E-state index in [0.717, 1.165) is 37.9 Å². The molecule has 2 aliphatic rings. The Morgan fingerprint density at radius 1 is 1.07 bits per heavy atom. The molecule has 2 atom stereocenters. The number of hydrogen-bond donors (Lipinski definition) is 0. The Kier molecular flexibility index (Phi) is 6.48. The Balaban J connectivity index is 1.60. The third-order valence-electron chi connectivity index (χ3n) is 6.45. The number of hydrogen-bond acceptors (Lipinski definition) is 2. The second-order valence-corrected chi connectivity index (χ2v) is 9.09. The monoisotopic (exact) mass is 430 g/mol. The normalized spacial score (nSPS) is 22.2. The van der Waals surface area contributed by atoms with E-state index in [0.29, 0.717) is 16.5 Å². The second kappa shape index (κ2) is 9.07. The lowest BCUT2D eigenvalue weighted by Gasteiger charge is -2.39. The Labute approximate surface area is 183 Å². The third kappa shape index (κ3) is 4.47. The number of carbonyl (C=O) groups excluding carboxylic acids is 1. The molecule has 2 aromatic rings. The van der Waals surface area contributed by atoms with Crippen LogP contribution in [0.3, 0.4) is 0 Å². The minimum absolute atomic E-state index is 0.136. The number of rotatable bonds is 4. The zero-order chi connectivity index (χ0) is 20.4. The molecule has 1 amide bonds. The van der Waals surface area contributed by atoms with E-state index in [-0.39, 0.29) is 18.0 Å². The quantitative estimate of drug-likeness (QED) is 0.594. The van der Waals surface area contributed by atoms with E-state index in [1.807, 2.05) is 18.0 Å². The van der Waals surface area contributed by atoms with Gasteiger partial charge < -0.3 is 4.90 Å². The number of nitrogens with zero attached hydrogens (tertiary/aromatic N) is 2. The van der Waals surface area contributed by atoms with Crippen molar-refractivity contribution in [1.82, 2.24) is 9.80 Å². The van der Waals surface area contributed by atoms with Gasteiger partial charge >= 0.3 is 0 Å². The van der Waals surface area contributed by atoms with Crippen LogP contribution in [0.15, 0.2) is 42.5 Å². The summed E-state index contributed by atoms with van der Waals surface area (Å²) in [4.78, 5) is 17.8. The van der Waals surface area contributed by atoms with Gasteiger partial charge in [0.2, 0.25) is 5.91 Å². The summed E-state index contributed by atoms with van der Waals surface area (Å²) in [6, 6.07) is 14.7. The minimum Gasteiger partial charge on any atom is -0.341 e. The molecule has 29 heavy (non-hydrogen) atoms. The van der Waals surface area contributed by atoms with Gasteiger partial charge in [0.1, 0.15) is 0 Å². The average molecular weight is 431 g/mol. The predicted octanol–water partition coefficient (Wildman–Crippen LogP) is 5.54. The first-order chi connectivity index (χ1) is 14.0. The van der Waals surface area contributed by atoms with Gasteiger partial charge in [0, 0.05) is 7.05 Å². The van der Waals surface area contributed by atoms with Crippen LogP contribution in [0.1, 0.15) is 48.4 Å². The van der Waals surface area contributed by atoms with E-state index >= 15 is 0 Å². The second-order valence-electron chi connectivity index (χ2n) is 8.28. The van der Waals surface area contributed by atoms with Gasteiger partial charge in [-0.05, 0) is 74.0 Å². The van der Waals surface area contributed by atoms with Crippen molar-refractivity contribution in [3.8, 4) is 0 Å². The van der Waals surface area contributed by atoms with E-state index < -0.39 is 0 Å². The molecule has 0 saturated carbocycles. The Hall–Kier alpha value is -1.55. The van der Waals surface area contributed by atoms with Crippen LogP contribution in [0.2, 0.25) is 10.0 Å². The summed E-state index contributed by atoms with van der Waals surface area (Å²) in [5.74, 6) is 0.136. The molecule has 154 valence electrons. The van der Waals surface area contributed by atoms with Crippen molar-refractivity contribution in [1.29, 1.82) is 0 Å². The van der Waals surface area contributed by atoms with Crippen LogP contribution in [-0.2, 0) is 17.6 Å². The van der Waals surface area contributed by atoms with Crippen LogP contribution in [-0.4, -0.2) is 41.9 Å². The van der Waals surface area contributed by atoms with Crippen LogP contribution >= 0.6 is 23.2 Å². The maximum Gasteiger partial charge on any atom is 0.227 e. The molecule has 3 nitrogen and oxygen atoms in total. The number of amides is 1. The van der Waals surface area contributed by atoms with Gasteiger partial charge in [0.15, 0.2) is 0 Å². The summed E-state index contributed by atoms with van der Waals surface area (Å²) >= 11 is 12.2. The molecule has 0 radical (unpaired) electrons. The van der Waals surface area contributed by atoms with Crippen molar-refractivity contribution in [2.24, 2.45) is 0 Å². The lowest BCUT2D eigenvalue weighted by molar-refractivity contribution is -0.132. The topological polar surface area (TPSA) is 23.6 Å². The van der Waals surface area contributed by atoms with Gasteiger partial charge in [-0.3, -0.25) is 9.69 Å². The fourth-order valence-electron chi connectivity index (χ4n) is 4.92. The fourth-order valence-corrected chi connectivity index (χ4v) is 5.24. The molecule has 0 bridgehead atoms. The molecule has 1 fully saturated rings. The average Bonchev–Trinajstić information content (AvgIpc) is 3.17. The molecular formula is C24H28Cl2N2O. The number of fused-ring (bicyclic) bond motifs is 1. The molecule has 5 heteroatoms. The van der Waals surface area contributed by atoms with Crippen LogP contribution in [0.5, 0.6) is 0 Å². The summed E-state index contributed by atoms with van der Waals surface area (Å²) in [5, 5.41) is 1.02. The number of carbonyl (C=O) groups is 1. The first-order valence-electron chi connectivity index (χ1n) is 10.6. The zero-order valence-electron chi connectivity index (χ0n) is 16.9. The standard InChI is InChI=1S/C24H28Cl2N2O/c1-27(23(29)16-17-11-12-20(25)21(26)15-17)22-10-6-8-18-7-2-3-9-19(18)24(22)28-13-4-5-14-28/h2-3,7,9,11-12,15,22,24H,4-6,8,10,13-14,16H2,1H3. The van der Waals surface area contributed by atoms with Gasteiger partial charge in [0.25, 0.3) is 0 Å². The molecule has 0 N–H and O–H groups in total. The molecule has 1 aliphatic carbocycles. The third-order valence-corrected chi connectivity index (χ3v) is 7.19. The fraction of sp³-hybridized carbons (Fsp3) is 0.458. The lowest BCUT2D eigenvalue weighted by Crippen LogP contribution is -2.46. The first kappa shape index (κ1) is 20.7. The van der Waals surface area contributed by atoms with E-state index in [9.17, 15) is 4.79 Å². The van der Waals surface area contributed by atoms with Crippen LogP contribution in [0.25, 0.3) is 0 Å². The zero-order valence-corrected chi connectivity index (χ0v) is 18.4. The molecule has 2 unspecified atom stereocenters. The van der Waals surface area contributed by atoms with Crippen LogP contribution in [0.4, 0.5) is 0 Å². The molecule has 0 aromatic heterocycles. The number of benzene rings is 2. The van der Waals surface area contributed by atoms with Gasteiger partial charge in [-0.25, -0.2) is 0 Å². The summed E-state index contributed by atoms with van der Waals surface area (Å²) in [7, 11) is 1.97. The van der Waals surface area contributed by atoms with Crippen molar-refractivity contribution in [2.75, 3.05) is 20.1 Å². The van der Waals surface area contributed by atoms with Crippen LogP contribution < -0.4 is 0 Å². The molecule has 1 saturated heterocycles. The summed E-state index contributed by atoms with van der Waals surface area (Å²) in [6.07, 6.45) is 6.05. The highest BCUT2D eigenvalue weighted by Crippen LogP contribution is 2.37. The summed E-state index contributed by atoms with van der Waals surface area (Å²) in [6.45, 7) is 2.23. The van der Waals surface area contributed by atoms with E-state index in [1.54, 1.807) is 12.1 Å². The smallest absolute Gasteiger partial charge is 0.227 e. The number of aryl methyl sites for hydroxylation is 1. The molecule has 4 rings (SSSR count). The van der Waals surface area contributed by atoms with Gasteiger partial charge in [-0.2, -0.15) is 0 Å². The molecular weight excluding hydrogens is 403 g/mol. The molecule has 2 aromatic carbocycles. The largest absolute Gasteiger partial charge is 0.341 e. The SMILES string of the molecule is CN(C(=O)Cc1ccc(Cl)c(Cl)c1)C1CCCc2ccccc2C1N1CCCC1. The van der Waals surface area contributed by atoms with Crippen molar-refractivity contribution in [3.63, 3.8) is 0 Å². The maximum absolute atomic E-state index is 13.2. The van der Waals surface area contributed by atoms with E-state index in [4.69, 9.17) is 23.2 Å². The number of likely N-dealkylation sites (N-methyl/N-ethyl adjacent to an activating group) is 1. The Morgan fingerprint density at radius 2 is 1.83 bits per heavy atom. The van der Waals surface area contributed by atoms with Crippen molar-refractivity contribution in [2.45, 2.75) is 50.6 Å². The lowest BCUT2D eigenvalue weighted by atomic mass is 9.93. The van der Waals surface area contributed by atoms with Crippen molar-refractivity contribution >= 4 is 29.1 Å².